The van der Waals surface area contributed by atoms with Gasteiger partial charge in [0.1, 0.15) is 0 Å². The standard InChI is InChI=1S/C24H37N/c1-4-6-7-18-8-11-22-23-16(3)14-17-15-19(25)9-10-20(17)21(23)12-13-24(18,22)5-2/h4,15-16,18,20-23,25H,1,5-14H2,2-3H3. The molecule has 4 aliphatic carbocycles. The number of allylic oxidation sites excluding steroid dienone is 3. The molecule has 3 fully saturated rings. The third-order valence-electron chi connectivity index (χ3n) is 8.95. The Kier molecular flexibility index (Phi) is 4.71. The molecule has 7 unspecified atom stereocenters. The summed E-state index contributed by atoms with van der Waals surface area (Å²) in [6, 6.07) is 0. The van der Waals surface area contributed by atoms with Gasteiger partial charge in [-0.25, -0.2) is 0 Å². The molecule has 0 aromatic carbocycles. The van der Waals surface area contributed by atoms with Crippen LogP contribution < -0.4 is 0 Å². The minimum atomic E-state index is 0.640. The van der Waals surface area contributed by atoms with Crippen molar-refractivity contribution < 1.29 is 0 Å². The van der Waals surface area contributed by atoms with Gasteiger partial charge in [0.2, 0.25) is 0 Å². The van der Waals surface area contributed by atoms with E-state index < -0.39 is 0 Å². The van der Waals surface area contributed by atoms with Gasteiger partial charge in [0.25, 0.3) is 0 Å². The van der Waals surface area contributed by atoms with Crippen LogP contribution in [0, 0.1) is 46.3 Å². The first kappa shape index (κ1) is 17.6. The van der Waals surface area contributed by atoms with E-state index in [-0.39, 0.29) is 0 Å². The van der Waals surface area contributed by atoms with Crippen LogP contribution in [0.4, 0.5) is 0 Å². The van der Waals surface area contributed by atoms with Crippen molar-refractivity contribution in [1.82, 2.24) is 0 Å². The van der Waals surface area contributed by atoms with E-state index in [2.05, 4.69) is 32.6 Å². The molecule has 0 radical (unpaired) electrons. The highest BCUT2D eigenvalue weighted by Crippen LogP contribution is 2.66. The third-order valence-corrected chi connectivity index (χ3v) is 8.95. The lowest BCUT2D eigenvalue weighted by Crippen LogP contribution is -2.50. The lowest BCUT2D eigenvalue weighted by Gasteiger charge is -2.57. The monoisotopic (exact) mass is 339 g/mol. The van der Waals surface area contributed by atoms with Crippen molar-refractivity contribution in [3.8, 4) is 0 Å². The maximum atomic E-state index is 8.09. The van der Waals surface area contributed by atoms with E-state index in [9.17, 15) is 0 Å². The topological polar surface area (TPSA) is 23.9 Å². The lowest BCUT2D eigenvalue weighted by molar-refractivity contribution is -0.0580. The fourth-order valence-corrected chi connectivity index (χ4v) is 8.02. The Bertz CT molecular complexity index is 573. The smallest absolute Gasteiger partial charge is 0.0313 e. The van der Waals surface area contributed by atoms with Crippen LogP contribution in [0.25, 0.3) is 0 Å². The molecule has 0 bridgehead atoms. The molecule has 4 rings (SSSR count). The van der Waals surface area contributed by atoms with Gasteiger partial charge in [-0.2, -0.15) is 0 Å². The number of fused-ring (bicyclic) bond motifs is 5. The largest absolute Gasteiger partial charge is 0.305 e. The van der Waals surface area contributed by atoms with Gasteiger partial charge in [0.05, 0.1) is 0 Å². The molecule has 0 spiro atoms. The van der Waals surface area contributed by atoms with E-state index in [4.69, 9.17) is 5.41 Å². The predicted molar refractivity (Wildman–Crippen MR) is 107 cm³/mol. The molecule has 0 amide bonds. The maximum Gasteiger partial charge on any atom is 0.0313 e. The Morgan fingerprint density at radius 1 is 1.28 bits per heavy atom. The maximum absolute atomic E-state index is 8.09. The van der Waals surface area contributed by atoms with Gasteiger partial charge in [-0.15, -0.1) is 6.58 Å². The minimum Gasteiger partial charge on any atom is -0.305 e. The summed E-state index contributed by atoms with van der Waals surface area (Å²) < 4.78 is 0. The molecule has 0 heterocycles. The molecule has 1 nitrogen and oxygen atoms in total. The first-order valence-electron chi connectivity index (χ1n) is 11.0. The van der Waals surface area contributed by atoms with Gasteiger partial charge in [0, 0.05) is 5.71 Å². The summed E-state index contributed by atoms with van der Waals surface area (Å²) in [6.07, 6.45) is 17.9. The van der Waals surface area contributed by atoms with Crippen molar-refractivity contribution in [3.63, 3.8) is 0 Å². The van der Waals surface area contributed by atoms with E-state index in [1.807, 2.05) is 0 Å². The Morgan fingerprint density at radius 3 is 2.88 bits per heavy atom. The second-order valence-corrected chi connectivity index (χ2v) is 9.68. The highest BCUT2D eigenvalue weighted by molar-refractivity contribution is 5.93. The first-order valence-corrected chi connectivity index (χ1v) is 11.0. The van der Waals surface area contributed by atoms with Crippen molar-refractivity contribution in [2.75, 3.05) is 0 Å². The molecule has 0 saturated heterocycles. The van der Waals surface area contributed by atoms with Crippen LogP contribution in [0.1, 0.15) is 78.1 Å². The van der Waals surface area contributed by atoms with Crippen molar-refractivity contribution in [3.05, 3.63) is 24.3 Å². The molecule has 25 heavy (non-hydrogen) atoms. The molecule has 1 heteroatoms. The predicted octanol–water partition coefficient (Wildman–Crippen LogP) is 6.80. The zero-order valence-corrected chi connectivity index (χ0v) is 16.4. The van der Waals surface area contributed by atoms with E-state index in [0.29, 0.717) is 5.41 Å². The first-order chi connectivity index (χ1) is 12.1. The molecule has 0 aliphatic heterocycles. The van der Waals surface area contributed by atoms with Crippen molar-refractivity contribution in [2.24, 2.45) is 40.9 Å². The highest BCUT2D eigenvalue weighted by atomic mass is 14.6. The Balaban J connectivity index is 1.62. The Labute approximate surface area is 154 Å². The molecule has 0 aromatic heterocycles. The molecule has 3 saturated carbocycles. The van der Waals surface area contributed by atoms with E-state index >= 15 is 0 Å². The molecular weight excluding hydrogens is 302 g/mol. The van der Waals surface area contributed by atoms with Crippen molar-refractivity contribution in [1.29, 1.82) is 5.41 Å². The third kappa shape index (κ3) is 2.68. The number of rotatable bonds is 4. The average Bonchev–Trinajstić information content (AvgIpc) is 2.98. The number of hydrogen-bond acceptors (Lipinski definition) is 1. The second-order valence-electron chi connectivity index (χ2n) is 9.68. The minimum absolute atomic E-state index is 0.640. The van der Waals surface area contributed by atoms with Crippen molar-refractivity contribution in [2.45, 2.75) is 78.1 Å². The van der Waals surface area contributed by atoms with Crippen LogP contribution in [-0.4, -0.2) is 5.71 Å². The average molecular weight is 340 g/mol. The summed E-state index contributed by atoms with van der Waals surface area (Å²) in [5, 5.41) is 8.09. The van der Waals surface area contributed by atoms with Gasteiger partial charge in [-0.05, 0) is 111 Å². The van der Waals surface area contributed by atoms with E-state index in [1.54, 1.807) is 5.57 Å². The van der Waals surface area contributed by atoms with Crippen LogP contribution in [-0.2, 0) is 0 Å². The molecule has 1 N–H and O–H groups in total. The number of nitrogens with one attached hydrogen (secondary N) is 1. The summed E-state index contributed by atoms with van der Waals surface area (Å²) in [7, 11) is 0. The van der Waals surface area contributed by atoms with Gasteiger partial charge in [-0.1, -0.05) is 25.5 Å². The van der Waals surface area contributed by atoms with Crippen molar-refractivity contribution >= 4 is 5.71 Å². The summed E-state index contributed by atoms with van der Waals surface area (Å²) >= 11 is 0. The molecular formula is C24H37N. The highest BCUT2D eigenvalue weighted by Gasteiger charge is 2.58. The van der Waals surface area contributed by atoms with E-state index in [0.717, 1.165) is 47.6 Å². The van der Waals surface area contributed by atoms with Gasteiger partial charge in [0.15, 0.2) is 0 Å². The fourth-order valence-electron chi connectivity index (χ4n) is 8.02. The zero-order chi connectivity index (χ0) is 17.6. The summed E-state index contributed by atoms with van der Waals surface area (Å²) in [6.45, 7) is 9.00. The lowest BCUT2D eigenvalue weighted by atomic mass is 9.48. The molecule has 7 atom stereocenters. The quantitative estimate of drug-likeness (QED) is 0.545. The molecule has 4 aliphatic rings. The summed E-state index contributed by atoms with van der Waals surface area (Å²) in [5.74, 6) is 5.45. The van der Waals surface area contributed by atoms with Crippen LogP contribution in [0.15, 0.2) is 24.3 Å². The Hall–Kier alpha value is -0.850. The van der Waals surface area contributed by atoms with Crippen LogP contribution in [0.2, 0.25) is 0 Å². The SMILES string of the molecule is C=CCCC1CCC2C3C(C)CC4=CC(=N)CCC4C3CCC12CC. The van der Waals surface area contributed by atoms with E-state index in [1.165, 1.54) is 57.8 Å². The summed E-state index contributed by atoms with van der Waals surface area (Å²) in [5.41, 5.74) is 3.18. The molecule has 138 valence electrons. The molecule has 0 aromatic rings. The normalized spacial score (nSPS) is 46.0. The van der Waals surface area contributed by atoms with Gasteiger partial charge < -0.3 is 5.41 Å². The summed E-state index contributed by atoms with van der Waals surface area (Å²) in [4.78, 5) is 0. The fraction of sp³-hybridized carbons (Fsp3) is 0.792. The van der Waals surface area contributed by atoms with Crippen LogP contribution in [0.3, 0.4) is 0 Å². The van der Waals surface area contributed by atoms with Crippen LogP contribution in [0.5, 0.6) is 0 Å². The zero-order valence-electron chi connectivity index (χ0n) is 16.4. The van der Waals surface area contributed by atoms with Gasteiger partial charge in [-0.3, -0.25) is 0 Å². The van der Waals surface area contributed by atoms with Crippen LogP contribution >= 0.6 is 0 Å². The second kappa shape index (κ2) is 6.71. The number of hydrogen-bond donors (Lipinski definition) is 1. The van der Waals surface area contributed by atoms with Gasteiger partial charge >= 0.3 is 0 Å². The Morgan fingerprint density at radius 2 is 2.12 bits per heavy atom.